The highest BCUT2D eigenvalue weighted by atomic mass is 32.2. The van der Waals surface area contributed by atoms with Gasteiger partial charge in [-0.2, -0.15) is 11.8 Å². The number of thioether (sulfide) groups is 1. The zero-order valence-electron chi connectivity index (χ0n) is 18.1. The fourth-order valence-corrected chi connectivity index (χ4v) is 2.99. The van der Waals surface area contributed by atoms with E-state index in [0.29, 0.717) is 5.75 Å². The van der Waals surface area contributed by atoms with E-state index in [4.69, 9.17) is 16.6 Å². The standard InChI is InChI=1S/C18H31N5O8S/c1-8(2)14(18(30)31)23-17(29)11(7-12(20)24)22-16(28)10(4-5-32-3)21-15(27)9(19)6-13(25)26/h8-11,14H,4-7,19H2,1-3H3,(H2,20,24)(H,21,27)(H,22,28)(H,23,29)(H,25,26)(H,30,31). The minimum Gasteiger partial charge on any atom is -0.481 e. The van der Waals surface area contributed by atoms with E-state index in [9.17, 15) is 33.9 Å². The van der Waals surface area contributed by atoms with Gasteiger partial charge in [0.1, 0.15) is 18.1 Å². The van der Waals surface area contributed by atoms with Crippen LogP contribution < -0.4 is 27.4 Å². The molecule has 0 rings (SSSR count). The number of hydrogen-bond acceptors (Lipinski definition) is 8. The van der Waals surface area contributed by atoms with Gasteiger partial charge >= 0.3 is 11.9 Å². The zero-order valence-corrected chi connectivity index (χ0v) is 18.9. The van der Waals surface area contributed by atoms with Gasteiger partial charge < -0.3 is 37.6 Å². The number of nitrogens with one attached hydrogen (secondary N) is 3. The van der Waals surface area contributed by atoms with Gasteiger partial charge in [-0.1, -0.05) is 13.8 Å². The van der Waals surface area contributed by atoms with Crippen LogP contribution in [-0.2, 0) is 28.8 Å². The molecule has 0 aromatic heterocycles. The number of aliphatic carboxylic acids is 2. The topological polar surface area (TPSA) is 231 Å². The quantitative estimate of drug-likeness (QED) is 0.132. The summed E-state index contributed by atoms with van der Waals surface area (Å²) in [5.41, 5.74) is 10.7. The lowest BCUT2D eigenvalue weighted by molar-refractivity contribution is -0.143. The Kier molecular flexibility index (Phi) is 13.0. The van der Waals surface area contributed by atoms with Crippen LogP contribution in [0.15, 0.2) is 0 Å². The van der Waals surface area contributed by atoms with Gasteiger partial charge in [0.2, 0.25) is 23.6 Å². The Labute approximate surface area is 189 Å². The molecule has 32 heavy (non-hydrogen) atoms. The molecule has 9 N–H and O–H groups in total. The number of hydrogen-bond donors (Lipinski definition) is 7. The number of primary amides is 1. The van der Waals surface area contributed by atoms with Gasteiger partial charge in [-0.25, -0.2) is 4.79 Å². The summed E-state index contributed by atoms with van der Waals surface area (Å²) < 4.78 is 0. The molecule has 0 fully saturated rings. The monoisotopic (exact) mass is 477 g/mol. The van der Waals surface area contributed by atoms with Gasteiger partial charge in [-0.3, -0.25) is 24.0 Å². The summed E-state index contributed by atoms with van der Waals surface area (Å²) in [6.07, 6.45) is 0.617. The van der Waals surface area contributed by atoms with Gasteiger partial charge in [-0.05, 0) is 24.3 Å². The second-order valence-electron chi connectivity index (χ2n) is 7.35. The highest BCUT2D eigenvalue weighted by Gasteiger charge is 2.32. The molecule has 4 unspecified atom stereocenters. The van der Waals surface area contributed by atoms with Crippen molar-refractivity contribution >= 4 is 47.3 Å². The summed E-state index contributed by atoms with van der Waals surface area (Å²) in [4.78, 5) is 70.9. The SMILES string of the molecule is CSCCC(NC(=O)C(N)CC(=O)O)C(=O)NC(CC(N)=O)C(=O)NC(C(=O)O)C(C)C. The first-order valence-corrected chi connectivity index (χ1v) is 11.1. The molecule has 4 atom stereocenters. The van der Waals surface area contributed by atoms with Gasteiger partial charge in [-0.15, -0.1) is 0 Å². The first kappa shape index (κ1) is 29.1. The Morgan fingerprint density at radius 2 is 1.41 bits per heavy atom. The van der Waals surface area contributed by atoms with E-state index < -0.39 is 78.5 Å². The van der Waals surface area contributed by atoms with E-state index in [-0.39, 0.29) is 6.42 Å². The third kappa shape index (κ3) is 10.9. The summed E-state index contributed by atoms with van der Waals surface area (Å²) in [5, 5.41) is 24.9. The molecule has 0 aliphatic carbocycles. The van der Waals surface area contributed by atoms with Crippen molar-refractivity contribution in [1.29, 1.82) is 0 Å². The molecule has 0 aromatic rings. The lowest BCUT2D eigenvalue weighted by Crippen LogP contribution is -2.58. The fraction of sp³-hybridized carbons (Fsp3) is 0.667. The van der Waals surface area contributed by atoms with Crippen molar-refractivity contribution < 1.29 is 39.0 Å². The number of carboxylic acids is 2. The number of carboxylic acid groups (broad SMARTS) is 2. The second-order valence-corrected chi connectivity index (χ2v) is 8.33. The Bertz CT molecular complexity index is 717. The van der Waals surface area contributed by atoms with Crippen molar-refractivity contribution in [2.45, 2.75) is 57.3 Å². The minimum absolute atomic E-state index is 0.118. The maximum absolute atomic E-state index is 12.7. The molecule has 0 radical (unpaired) electrons. The van der Waals surface area contributed by atoms with Crippen LogP contribution in [0.3, 0.4) is 0 Å². The van der Waals surface area contributed by atoms with E-state index in [0.717, 1.165) is 0 Å². The van der Waals surface area contributed by atoms with E-state index in [1.165, 1.54) is 11.8 Å². The van der Waals surface area contributed by atoms with Crippen molar-refractivity contribution in [3.63, 3.8) is 0 Å². The normalized spacial score (nSPS) is 14.5. The minimum atomic E-state index is -1.48. The van der Waals surface area contributed by atoms with Crippen LogP contribution in [0.2, 0.25) is 0 Å². The molecule has 0 spiro atoms. The maximum Gasteiger partial charge on any atom is 0.326 e. The third-order valence-electron chi connectivity index (χ3n) is 4.24. The molecule has 4 amide bonds. The van der Waals surface area contributed by atoms with Gasteiger partial charge in [0.15, 0.2) is 0 Å². The number of carbonyl (C=O) groups excluding carboxylic acids is 4. The van der Waals surface area contributed by atoms with E-state index in [1.807, 2.05) is 0 Å². The molecule has 0 saturated carbocycles. The molecule has 0 heterocycles. The van der Waals surface area contributed by atoms with Gasteiger partial charge in [0.25, 0.3) is 0 Å². The van der Waals surface area contributed by atoms with Crippen LogP contribution in [0.1, 0.15) is 33.1 Å². The Morgan fingerprint density at radius 3 is 1.84 bits per heavy atom. The average Bonchev–Trinajstić information content (AvgIpc) is 2.66. The van der Waals surface area contributed by atoms with E-state index >= 15 is 0 Å². The van der Waals surface area contributed by atoms with Crippen molar-refractivity contribution in [3.05, 3.63) is 0 Å². The highest BCUT2D eigenvalue weighted by molar-refractivity contribution is 7.98. The molecule has 0 saturated heterocycles. The number of amides is 4. The van der Waals surface area contributed by atoms with E-state index in [1.54, 1.807) is 20.1 Å². The zero-order chi connectivity index (χ0) is 25.0. The van der Waals surface area contributed by atoms with Crippen LogP contribution in [0.5, 0.6) is 0 Å². The predicted molar refractivity (Wildman–Crippen MR) is 115 cm³/mol. The number of nitrogens with two attached hydrogens (primary N) is 2. The summed E-state index contributed by atoms with van der Waals surface area (Å²) in [6, 6.07) is -5.33. The fourth-order valence-electron chi connectivity index (χ4n) is 2.51. The number of carbonyl (C=O) groups is 6. The van der Waals surface area contributed by atoms with Crippen LogP contribution in [-0.4, -0.2) is 82.0 Å². The summed E-state index contributed by atoms with van der Waals surface area (Å²) in [6.45, 7) is 3.13. The van der Waals surface area contributed by atoms with Gasteiger partial charge in [0.05, 0.1) is 18.9 Å². The molecule has 182 valence electrons. The van der Waals surface area contributed by atoms with Crippen LogP contribution in [0.4, 0.5) is 0 Å². The second kappa shape index (κ2) is 14.2. The van der Waals surface area contributed by atoms with E-state index in [2.05, 4.69) is 16.0 Å². The summed E-state index contributed by atoms with van der Waals surface area (Å²) in [5.74, 6) is -6.23. The van der Waals surface area contributed by atoms with Crippen molar-refractivity contribution in [2.24, 2.45) is 17.4 Å². The van der Waals surface area contributed by atoms with Crippen LogP contribution in [0.25, 0.3) is 0 Å². The lowest BCUT2D eigenvalue weighted by atomic mass is 10.0. The lowest BCUT2D eigenvalue weighted by Gasteiger charge is -2.25. The summed E-state index contributed by atoms with van der Waals surface area (Å²) in [7, 11) is 0. The molecule has 0 aliphatic heterocycles. The maximum atomic E-state index is 12.7. The van der Waals surface area contributed by atoms with Gasteiger partial charge in [0, 0.05) is 0 Å². The molecule has 0 aromatic carbocycles. The Hall–Kier alpha value is -2.87. The van der Waals surface area contributed by atoms with Crippen molar-refractivity contribution in [1.82, 2.24) is 16.0 Å². The predicted octanol–water partition coefficient (Wildman–Crippen LogP) is -2.39. The van der Waals surface area contributed by atoms with Crippen LogP contribution in [0, 0.1) is 5.92 Å². The number of rotatable bonds is 15. The Balaban J connectivity index is 5.48. The smallest absolute Gasteiger partial charge is 0.326 e. The Morgan fingerprint density at radius 1 is 0.875 bits per heavy atom. The first-order chi connectivity index (χ1) is 14.8. The molecular formula is C18H31N5O8S. The third-order valence-corrected chi connectivity index (χ3v) is 4.89. The first-order valence-electron chi connectivity index (χ1n) is 9.68. The molecular weight excluding hydrogens is 446 g/mol. The van der Waals surface area contributed by atoms with Crippen molar-refractivity contribution in [3.8, 4) is 0 Å². The molecule has 13 nitrogen and oxygen atoms in total. The molecule has 0 bridgehead atoms. The molecule has 14 heteroatoms. The molecule has 0 aliphatic rings. The average molecular weight is 478 g/mol. The largest absolute Gasteiger partial charge is 0.481 e. The van der Waals surface area contributed by atoms with Crippen LogP contribution >= 0.6 is 11.8 Å². The summed E-state index contributed by atoms with van der Waals surface area (Å²) >= 11 is 1.37. The van der Waals surface area contributed by atoms with Crippen molar-refractivity contribution in [2.75, 3.05) is 12.0 Å². The highest BCUT2D eigenvalue weighted by Crippen LogP contribution is 2.06.